The number of nitro benzene ring substituents is 2. The summed E-state index contributed by atoms with van der Waals surface area (Å²) in [5.74, 6) is 5.36. The number of non-ortho nitro benzene ring substituents is 1. The van der Waals surface area contributed by atoms with Crippen LogP contribution in [0.15, 0.2) is 39.9 Å². The van der Waals surface area contributed by atoms with E-state index in [1.807, 2.05) is 20.8 Å². The van der Waals surface area contributed by atoms with Crippen LogP contribution in [0.5, 0.6) is 5.75 Å². The Morgan fingerprint density at radius 2 is 1.74 bits per heavy atom. The normalized spacial score (nSPS) is 12.1. The Labute approximate surface area is 162 Å². The average Bonchev–Trinajstić information content (AvgIpc) is 2.57. The van der Waals surface area contributed by atoms with Crippen LogP contribution in [0.25, 0.3) is 0 Å². The lowest BCUT2D eigenvalue weighted by molar-refractivity contribution is -0.394. The number of phenolic OH excluding ortho intramolecular Hbond substituents is 1. The van der Waals surface area contributed by atoms with Gasteiger partial charge >= 0.3 is 0 Å². The lowest BCUT2D eigenvalue weighted by Crippen LogP contribution is -2.15. The summed E-state index contributed by atoms with van der Waals surface area (Å²) in [6, 6.07) is 6.41. The third-order valence-electron chi connectivity index (χ3n) is 3.91. The first-order chi connectivity index (χ1) is 12.5. The second-order valence-corrected chi connectivity index (χ2v) is 7.71. The van der Waals surface area contributed by atoms with Crippen molar-refractivity contribution in [1.82, 2.24) is 0 Å². The first-order valence-electron chi connectivity index (χ1n) is 7.71. The van der Waals surface area contributed by atoms with Gasteiger partial charge in [-0.25, -0.2) is 0 Å². The lowest BCUT2D eigenvalue weighted by Gasteiger charge is -2.23. The van der Waals surface area contributed by atoms with Crippen molar-refractivity contribution in [2.75, 3.05) is 0 Å². The summed E-state index contributed by atoms with van der Waals surface area (Å²) >= 11 is 3.36. The molecule has 0 aliphatic heterocycles. The SMILES string of the molecule is CC(C)(C)c1cc(Br)cc(/C(=N\N)c2ccc([N+](=O)[O-])cc2[N+](=O)[O-])c1O. The Balaban J connectivity index is 2.78. The number of benzene rings is 2. The molecule has 2 aromatic rings. The van der Waals surface area contributed by atoms with Gasteiger partial charge in [0.15, 0.2) is 0 Å². The third-order valence-corrected chi connectivity index (χ3v) is 4.37. The van der Waals surface area contributed by atoms with Crippen molar-refractivity contribution < 1.29 is 15.0 Å². The van der Waals surface area contributed by atoms with Gasteiger partial charge in [0, 0.05) is 21.7 Å². The van der Waals surface area contributed by atoms with Crippen molar-refractivity contribution in [2.24, 2.45) is 10.9 Å². The van der Waals surface area contributed by atoms with E-state index in [1.54, 1.807) is 6.07 Å². The molecule has 0 atom stereocenters. The maximum absolute atomic E-state index is 11.4. The van der Waals surface area contributed by atoms with Crippen LogP contribution < -0.4 is 5.84 Å². The maximum atomic E-state index is 11.4. The lowest BCUT2D eigenvalue weighted by atomic mass is 9.84. The number of hydrogen-bond donors (Lipinski definition) is 2. The van der Waals surface area contributed by atoms with Crippen LogP contribution in [0.4, 0.5) is 11.4 Å². The van der Waals surface area contributed by atoms with E-state index < -0.39 is 26.6 Å². The molecule has 3 N–H and O–H groups in total. The van der Waals surface area contributed by atoms with Crippen LogP contribution >= 0.6 is 15.9 Å². The molecule has 0 fully saturated rings. The van der Waals surface area contributed by atoms with Gasteiger partial charge in [0.1, 0.15) is 11.5 Å². The second-order valence-electron chi connectivity index (χ2n) is 6.79. The zero-order valence-electron chi connectivity index (χ0n) is 14.8. The fourth-order valence-corrected chi connectivity index (χ4v) is 3.08. The number of halogens is 1. The standard InChI is InChI=1S/C17H17BrN4O5/c1-17(2,3)13-7-9(18)6-12(16(13)23)15(20-19)11-5-4-10(21(24)25)8-14(11)22(26)27/h4-8,23H,19H2,1-3H3/b20-15-. The molecule has 0 aromatic heterocycles. The van der Waals surface area contributed by atoms with Crippen LogP contribution in [0.1, 0.15) is 37.5 Å². The number of hydrogen-bond acceptors (Lipinski definition) is 7. The molecule has 2 rings (SSSR count). The summed E-state index contributed by atoms with van der Waals surface area (Å²) in [5, 5.41) is 36.8. The summed E-state index contributed by atoms with van der Waals surface area (Å²) in [4.78, 5) is 20.9. The van der Waals surface area contributed by atoms with Crippen molar-refractivity contribution in [2.45, 2.75) is 26.2 Å². The van der Waals surface area contributed by atoms with Gasteiger partial charge in [-0.3, -0.25) is 20.2 Å². The third kappa shape index (κ3) is 4.05. The highest BCUT2D eigenvalue weighted by Gasteiger charge is 2.28. The smallest absolute Gasteiger partial charge is 0.285 e. The van der Waals surface area contributed by atoms with Gasteiger partial charge in [0.05, 0.1) is 21.5 Å². The minimum atomic E-state index is -0.757. The zero-order chi connectivity index (χ0) is 20.5. The number of nitrogens with zero attached hydrogens (tertiary/aromatic N) is 3. The largest absolute Gasteiger partial charge is 0.507 e. The Morgan fingerprint density at radius 3 is 2.22 bits per heavy atom. The molecule has 0 aliphatic rings. The van der Waals surface area contributed by atoms with Gasteiger partial charge in [-0.05, 0) is 23.6 Å². The molecule has 0 saturated carbocycles. The van der Waals surface area contributed by atoms with E-state index in [2.05, 4.69) is 21.0 Å². The molecule has 0 spiro atoms. The van der Waals surface area contributed by atoms with Crippen LogP contribution in [0.2, 0.25) is 0 Å². The van der Waals surface area contributed by atoms with E-state index in [0.29, 0.717) is 10.0 Å². The molecular formula is C17H17BrN4O5. The highest BCUT2D eigenvalue weighted by atomic mass is 79.9. The average molecular weight is 437 g/mol. The van der Waals surface area contributed by atoms with Gasteiger partial charge < -0.3 is 10.9 Å². The van der Waals surface area contributed by atoms with Gasteiger partial charge in [-0.15, -0.1) is 0 Å². The molecule has 0 radical (unpaired) electrons. The summed E-state index contributed by atoms with van der Waals surface area (Å²) in [5.41, 5.74) is -0.738. The monoisotopic (exact) mass is 436 g/mol. The van der Waals surface area contributed by atoms with E-state index in [-0.39, 0.29) is 22.6 Å². The van der Waals surface area contributed by atoms with Gasteiger partial charge in [0.25, 0.3) is 11.4 Å². The minimum Gasteiger partial charge on any atom is -0.507 e. The molecule has 27 heavy (non-hydrogen) atoms. The molecule has 0 heterocycles. The molecule has 0 aliphatic carbocycles. The van der Waals surface area contributed by atoms with Crippen molar-refractivity contribution in [3.8, 4) is 5.75 Å². The zero-order valence-corrected chi connectivity index (χ0v) is 16.3. The molecule has 0 bridgehead atoms. The van der Waals surface area contributed by atoms with E-state index in [9.17, 15) is 25.3 Å². The van der Waals surface area contributed by atoms with Crippen LogP contribution in [-0.2, 0) is 5.41 Å². The van der Waals surface area contributed by atoms with Gasteiger partial charge in [-0.1, -0.05) is 36.7 Å². The first-order valence-corrected chi connectivity index (χ1v) is 8.51. The van der Waals surface area contributed by atoms with E-state index in [1.165, 1.54) is 12.1 Å². The fourth-order valence-electron chi connectivity index (χ4n) is 2.62. The molecule has 2 aromatic carbocycles. The molecule has 142 valence electrons. The fraction of sp³-hybridized carbons (Fsp3) is 0.235. The van der Waals surface area contributed by atoms with Crippen LogP contribution in [0.3, 0.4) is 0 Å². The van der Waals surface area contributed by atoms with Crippen LogP contribution in [-0.4, -0.2) is 20.7 Å². The van der Waals surface area contributed by atoms with E-state index in [4.69, 9.17) is 5.84 Å². The number of aromatic hydroxyl groups is 1. The highest BCUT2D eigenvalue weighted by molar-refractivity contribution is 9.10. The number of phenols is 1. The molecule has 9 nitrogen and oxygen atoms in total. The van der Waals surface area contributed by atoms with E-state index in [0.717, 1.165) is 12.1 Å². The Bertz CT molecular complexity index is 967. The number of nitro groups is 2. The van der Waals surface area contributed by atoms with Crippen molar-refractivity contribution >= 4 is 33.0 Å². The number of nitrogens with two attached hydrogens (primary N) is 1. The molecule has 0 unspecified atom stereocenters. The predicted octanol–water partition coefficient (Wildman–Crippen LogP) is 3.98. The summed E-state index contributed by atoms with van der Waals surface area (Å²) in [7, 11) is 0. The van der Waals surface area contributed by atoms with Gasteiger partial charge in [-0.2, -0.15) is 5.10 Å². The maximum Gasteiger partial charge on any atom is 0.285 e. The number of rotatable bonds is 4. The molecular weight excluding hydrogens is 420 g/mol. The van der Waals surface area contributed by atoms with Crippen molar-refractivity contribution in [3.05, 3.63) is 71.7 Å². The summed E-state index contributed by atoms with van der Waals surface area (Å²) < 4.78 is 0.617. The highest BCUT2D eigenvalue weighted by Crippen LogP contribution is 2.38. The minimum absolute atomic E-state index is 0.0404. The number of hydrazone groups is 1. The van der Waals surface area contributed by atoms with Crippen molar-refractivity contribution in [1.29, 1.82) is 0 Å². The topological polar surface area (TPSA) is 145 Å². The Kier molecular flexibility index (Phi) is 5.50. The second kappa shape index (κ2) is 7.31. The Hall–Kier alpha value is -3.01. The summed E-state index contributed by atoms with van der Waals surface area (Å²) in [6.07, 6.45) is 0. The quantitative estimate of drug-likeness (QED) is 0.320. The van der Waals surface area contributed by atoms with Crippen LogP contribution in [0, 0.1) is 20.2 Å². The van der Waals surface area contributed by atoms with Crippen molar-refractivity contribution in [3.63, 3.8) is 0 Å². The van der Waals surface area contributed by atoms with Gasteiger partial charge in [0.2, 0.25) is 0 Å². The molecule has 0 amide bonds. The molecule has 10 heteroatoms. The van der Waals surface area contributed by atoms with E-state index >= 15 is 0 Å². The predicted molar refractivity (Wildman–Crippen MR) is 104 cm³/mol. The first kappa shape index (κ1) is 20.3. The molecule has 0 saturated heterocycles. The summed E-state index contributed by atoms with van der Waals surface area (Å²) in [6.45, 7) is 5.68. The Morgan fingerprint density at radius 1 is 1.11 bits per heavy atom.